The SMILES string of the molecule is CC#CCN1CC(=O)N2CCCC2C1=O. The van der Waals surface area contributed by atoms with Crippen LogP contribution in [0.25, 0.3) is 0 Å². The third kappa shape index (κ3) is 1.70. The standard InChI is InChI=1S/C11H14N2O2/c1-2-3-6-12-8-10(14)13-7-4-5-9(13)11(12)15/h9H,4-8H2,1H3. The quantitative estimate of drug-likeness (QED) is 0.559. The van der Waals surface area contributed by atoms with E-state index in [1.807, 2.05) is 0 Å². The van der Waals surface area contributed by atoms with Crippen LogP contribution in [0.3, 0.4) is 0 Å². The fourth-order valence-electron chi connectivity index (χ4n) is 2.17. The Balaban J connectivity index is 2.12. The minimum Gasteiger partial charge on any atom is -0.329 e. The first-order chi connectivity index (χ1) is 7.24. The van der Waals surface area contributed by atoms with E-state index >= 15 is 0 Å². The number of nitrogens with zero attached hydrogens (tertiary/aromatic N) is 2. The van der Waals surface area contributed by atoms with E-state index in [9.17, 15) is 9.59 Å². The van der Waals surface area contributed by atoms with Gasteiger partial charge in [-0.1, -0.05) is 5.92 Å². The van der Waals surface area contributed by atoms with Crippen molar-refractivity contribution in [2.24, 2.45) is 0 Å². The highest BCUT2D eigenvalue weighted by atomic mass is 16.2. The van der Waals surface area contributed by atoms with Gasteiger partial charge >= 0.3 is 0 Å². The van der Waals surface area contributed by atoms with Gasteiger partial charge in [-0.3, -0.25) is 9.59 Å². The Morgan fingerprint density at radius 1 is 1.47 bits per heavy atom. The zero-order valence-electron chi connectivity index (χ0n) is 8.82. The molecule has 0 spiro atoms. The summed E-state index contributed by atoms with van der Waals surface area (Å²) in [6.07, 6.45) is 1.75. The zero-order chi connectivity index (χ0) is 10.8. The Labute approximate surface area is 89.2 Å². The van der Waals surface area contributed by atoms with E-state index in [1.54, 1.807) is 16.7 Å². The van der Waals surface area contributed by atoms with Crippen LogP contribution in [0.5, 0.6) is 0 Å². The molecule has 2 saturated heterocycles. The summed E-state index contributed by atoms with van der Waals surface area (Å²) in [5, 5.41) is 0. The average Bonchev–Trinajstić information content (AvgIpc) is 2.70. The molecule has 2 amide bonds. The molecule has 80 valence electrons. The van der Waals surface area contributed by atoms with Crippen LogP contribution in [-0.2, 0) is 9.59 Å². The number of carbonyl (C=O) groups is 2. The third-order valence-electron chi connectivity index (χ3n) is 2.94. The molecule has 1 atom stereocenters. The van der Waals surface area contributed by atoms with Crippen molar-refractivity contribution in [3.8, 4) is 11.8 Å². The van der Waals surface area contributed by atoms with E-state index in [4.69, 9.17) is 0 Å². The highest BCUT2D eigenvalue weighted by Gasteiger charge is 2.41. The monoisotopic (exact) mass is 206 g/mol. The van der Waals surface area contributed by atoms with Crippen LogP contribution in [0.15, 0.2) is 0 Å². The van der Waals surface area contributed by atoms with E-state index in [0.29, 0.717) is 6.54 Å². The second kappa shape index (κ2) is 3.93. The Kier molecular flexibility index (Phi) is 2.63. The smallest absolute Gasteiger partial charge is 0.246 e. The summed E-state index contributed by atoms with van der Waals surface area (Å²) in [5.41, 5.74) is 0. The third-order valence-corrected chi connectivity index (χ3v) is 2.94. The number of hydrogen-bond acceptors (Lipinski definition) is 2. The lowest BCUT2D eigenvalue weighted by Crippen LogP contribution is -2.57. The van der Waals surface area contributed by atoms with Crippen molar-refractivity contribution in [3.63, 3.8) is 0 Å². The molecule has 0 bridgehead atoms. The van der Waals surface area contributed by atoms with Gasteiger partial charge in [0.1, 0.15) is 12.6 Å². The highest BCUT2D eigenvalue weighted by molar-refractivity contribution is 5.95. The minimum absolute atomic E-state index is 0.0647. The number of amides is 2. The summed E-state index contributed by atoms with van der Waals surface area (Å²) in [6.45, 7) is 3.05. The fraction of sp³-hybridized carbons (Fsp3) is 0.636. The van der Waals surface area contributed by atoms with Crippen molar-refractivity contribution < 1.29 is 9.59 Å². The maximum Gasteiger partial charge on any atom is 0.246 e. The molecule has 0 aliphatic carbocycles. The van der Waals surface area contributed by atoms with Crippen molar-refractivity contribution in [1.29, 1.82) is 0 Å². The van der Waals surface area contributed by atoms with E-state index in [-0.39, 0.29) is 24.4 Å². The highest BCUT2D eigenvalue weighted by Crippen LogP contribution is 2.23. The minimum atomic E-state index is -0.204. The maximum absolute atomic E-state index is 11.9. The Hall–Kier alpha value is -1.50. The van der Waals surface area contributed by atoms with Crippen LogP contribution in [-0.4, -0.2) is 47.3 Å². The number of rotatable bonds is 1. The molecular formula is C11H14N2O2. The molecule has 0 saturated carbocycles. The van der Waals surface area contributed by atoms with Crippen molar-refractivity contribution in [1.82, 2.24) is 9.80 Å². The number of carbonyl (C=O) groups excluding carboxylic acids is 2. The van der Waals surface area contributed by atoms with Gasteiger partial charge in [-0.15, -0.1) is 5.92 Å². The number of piperazine rings is 1. The second-order valence-electron chi connectivity index (χ2n) is 3.87. The van der Waals surface area contributed by atoms with Gasteiger partial charge in [-0.05, 0) is 19.8 Å². The topological polar surface area (TPSA) is 40.6 Å². The summed E-state index contributed by atoms with van der Waals surface area (Å²) in [7, 11) is 0. The predicted molar refractivity (Wildman–Crippen MR) is 54.8 cm³/mol. The summed E-state index contributed by atoms with van der Waals surface area (Å²) < 4.78 is 0. The maximum atomic E-state index is 11.9. The molecule has 1 unspecified atom stereocenters. The molecule has 2 fully saturated rings. The summed E-state index contributed by atoms with van der Waals surface area (Å²) >= 11 is 0. The lowest BCUT2D eigenvalue weighted by atomic mass is 10.1. The zero-order valence-corrected chi connectivity index (χ0v) is 8.82. The summed E-state index contributed by atoms with van der Waals surface area (Å²) in [5.74, 6) is 5.70. The lowest BCUT2D eigenvalue weighted by Gasteiger charge is -2.35. The summed E-state index contributed by atoms with van der Waals surface area (Å²) in [4.78, 5) is 26.9. The van der Waals surface area contributed by atoms with Crippen LogP contribution in [0.4, 0.5) is 0 Å². The molecule has 0 radical (unpaired) electrons. The molecule has 4 nitrogen and oxygen atoms in total. The molecule has 2 heterocycles. The van der Waals surface area contributed by atoms with Gasteiger partial charge in [0.05, 0.1) is 6.54 Å². The van der Waals surface area contributed by atoms with Crippen molar-refractivity contribution in [2.45, 2.75) is 25.8 Å². The van der Waals surface area contributed by atoms with E-state index in [1.165, 1.54) is 0 Å². The molecule has 2 rings (SSSR count). The van der Waals surface area contributed by atoms with E-state index in [0.717, 1.165) is 19.4 Å². The first-order valence-corrected chi connectivity index (χ1v) is 5.22. The Bertz CT molecular complexity index is 353. The van der Waals surface area contributed by atoms with Crippen LogP contribution in [0, 0.1) is 11.8 Å². The average molecular weight is 206 g/mol. The van der Waals surface area contributed by atoms with Gasteiger partial charge < -0.3 is 9.80 Å². The van der Waals surface area contributed by atoms with E-state index in [2.05, 4.69) is 11.8 Å². The van der Waals surface area contributed by atoms with Gasteiger partial charge in [0, 0.05) is 6.54 Å². The molecular weight excluding hydrogens is 192 g/mol. The van der Waals surface area contributed by atoms with Gasteiger partial charge in [0.15, 0.2) is 0 Å². The van der Waals surface area contributed by atoms with Crippen molar-refractivity contribution >= 4 is 11.8 Å². The van der Waals surface area contributed by atoms with Crippen LogP contribution >= 0.6 is 0 Å². The largest absolute Gasteiger partial charge is 0.329 e. The van der Waals surface area contributed by atoms with Crippen LogP contribution < -0.4 is 0 Å². The first-order valence-electron chi connectivity index (χ1n) is 5.22. The van der Waals surface area contributed by atoms with Gasteiger partial charge in [0.2, 0.25) is 11.8 Å². The van der Waals surface area contributed by atoms with Gasteiger partial charge in [-0.2, -0.15) is 0 Å². The molecule has 15 heavy (non-hydrogen) atoms. The first kappa shape index (κ1) is 10.0. The van der Waals surface area contributed by atoms with Crippen molar-refractivity contribution in [2.75, 3.05) is 19.6 Å². The van der Waals surface area contributed by atoms with Gasteiger partial charge in [-0.25, -0.2) is 0 Å². The second-order valence-corrected chi connectivity index (χ2v) is 3.87. The molecule has 2 aliphatic heterocycles. The number of hydrogen-bond donors (Lipinski definition) is 0. The molecule has 0 aromatic carbocycles. The van der Waals surface area contributed by atoms with Crippen molar-refractivity contribution in [3.05, 3.63) is 0 Å². The van der Waals surface area contributed by atoms with Crippen LogP contribution in [0.1, 0.15) is 19.8 Å². The lowest BCUT2D eigenvalue weighted by molar-refractivity contribution is -0.152. The predicted octanol–water partition coefficient (Wildman–Crippen LogP) is -0.157. The molecule has 0 N–H and O–H groups in total. The van der Waals surface area contributed by atoms with Gasteiger partial charge in [0.25, 0.3) is 0 Å². The molecule has 4 heteroatoms. The fourth-order valence-corrected chi connectivity index (χ4v) is 2.17. The Morgan fingerprint density at radius 2 is 2.27 bits per heavy atom. The van der Waals surface area contributed by atoms with E-state index < -0.39 is 0 Å². The molecule has 0 aromatic rings. The summed E-state index contributed by atoms with van der Waals surface area (Å²) in [6, 6.07) is -0.204. The normalized spacial score (nSPS) is 25.0. The number of fused-ring (bicyclic) bond motifs is 1. The molecule has 0 aromatic heterocycles. The Morgan fingerprint density at radius 3 is 3.00 bits per heavy atom. The van der Waals surface area contributed by atoms with Crippen LogP contribution in [0.2, 0.25) is 0 Å². The molecule has 2 aliphatic rings.